The SMILES string of the molecule is O=C(O)C=Cc1cc2c(cc1OCCC(F)(F)F)OCO2. The minimum atomic E-state index is -4.33. The van der Waals surface area contributed by atoms with Gasteiger partial charge in [-0.15, -0.1) is 0 Å². The molecule has 0 spiro atoms. The molecule has 1 heterocycles. The Bertz CT molecular complexity index is 566. The first-order chi connectivity index (χ1) is 9.85. The van der Waals surface area contributed by atoms with E-state index in [4.69, 9.17) is 19.3 Å². The highest BCUT2D eigenvalue weighted by molar-refractivity contribution is 5.86. The zero-order chi connectivity index (χ0) is 15.5. The molecular weight excluding hydrogens is 293 g/mol. The summed E-state index contributed by atoms with van der Waals surface area (Å²) >= 11 is 0. The van der Waals surface area contributed by atoms with E-state index in [0.29, 0.717) is 17.1 Å². The zero-order valence-corrected chi connectivity index (χ0v) is 10.6. The van der Waals surface area contributed by atoms with E-state index in [2.05, 4.69) is 0 Å². The Hall–Kier alpha value is -2.38. The van der Waals surface area contributed by atoms with E-state index in [1.54, 1.807) is 0 Å². The number of hydrogen-bond donors (Lipinski definition) is 1. The molecule has 0 unspecified atom stereocenters. The van der Waals surface area contributed by atoms with E-state index >= 15 is 0 Å². The summed E-state index contributed by atoms with van der Waals surface area (Å²) in [7, 11) is 0. The molecule has 5 nitrogen and oxygen atoms in total. The van der Waals surface area contributed by atoms with Crippen LogP contribution in [0.3, 0.4) is 0 Å². The van der Waals surface area contributed by atoms with Gasteiger partial charge >= 0.3 is 12.1 Å². The van der Waals surface area contributed by atoms with Gasteiger partial charge < -0.3 is 19.3 Å². The van der Waals surface area contributed by atoms with E-state index in [-0.39, 0.29) is 12.5 Å². The van der Waals surface area contributed by atoms with Crippen LogP contribution >= 0.6 is 0 Å². The molecule has 0 aromatic heterocycles. The summed E-state index contributed by atoms with van der Waals surface area (Å²) in [4.78, 5) is 10.5. The number of carboxylic acids is 1. The molecule has 1 aromatic carbocycles. The van der Waals surface area contributed by atoms with Crippen molar-refractivity contribution in [3.8, 4) is 17.2 Å². The van der Waals surface area contributed by atoms with Gasteiger partial charge in [-0.1, -0.05) is 0 Å². The Morgan fingerprint density at radius 2 is 2.00 bits per heavy atom. The standard InChI is InChI=1S/C13H11F3O5/c14-13(15,16)3-4-19-9-6-11-10(20-7-21-11)5-8(9)1-2-12(17)18/h1-2,5-6H,3-4,7H2,(H,17,18). The number of alkyl halides is 3. The maximum Gasteiger partial charge on any atom is 0.392 e. The van der Waals surface area contributed by atoms with Crippen molar-refractivity contribution < 1.29 is 37.3 Å². The van der Waals surface area contributed by atoms with Gasteiger partial charge in [-0.3, -0.25) is 0 Å². The third-order valence-corrected chi connectivity index (χ3v) is 2.55. The number of rotatable bonds is 5. The van der Waals surface area contributed by atoms with Crippen LogP contribution in [0.2, 0.25) is 0 Å². The lowest BCUT2D eigenvalue weighted by Gasteiger charge is -2.11. The fourth-order valence-corrected chi connectivity index (χ4v) is 1.63. The summed E-state index contributed by atoms with van der Waals surface area (Å²) in [5.74, 6) is -0.373. The monoisotopic (exact) mass is 304 g/mol. The maximum atomic E-state index is 12.1. The fraction of sp³-hybridized carbons (Fsp3) is 0.308. The van der Waals surface area contributed by atoms with Crippen LogP contribution < -0.4 is 14.2 Å². The van der Waals surface area contributed by atoms with Crippen molar-refractivity contribution in [3.05, 3.63) is 23.8 Å². The van der Waals surface area contributed by atoms with Crippen LogP contribution in [0, 0.1) is 0 Å². The number of benzene rings is 1. The van der Waals surface area contributed by atoms with Gasteiger partial charge in [0.05, 0.1) is 13.0 Å². The minimum Gasteiger partial charge on any atom is -0.492 e. The molecule has 1 aliphatic rings. The first-order valence-electron chi connectivity index (χ1n) is 5.89. The van der Waals surface area contributed by atoms with Gasteiger partial charge in [0.1, 0.15) is 5.75 Å². The van der Waals surface area contributed by atoms with Crippen molar-refractivity contribution in [2.45, 2.75) is 12.6 Å². The largest absolute Gasteiger partial charge is 0.492 e. The van der Waals surface area contributed by atoms with Gasteiger partial charge in [-0.05, 0) is 12.1 Å². The third kappa shape index (κ3) is 4.30. The molecule has 0 fully saturated rings. The Morgan fingerprint density at radius 1 is 1.33 bits per heavy atom. The summed E-state index contributed by atoms with van der Waals surface area (Å²) in [6, 6.07) is 2.82. The molecule has 8 heteroatoms. The second-order valence-corrected chi connectivity index (χ2v) is 4.13. The molecule has 0 amide bonds. The fourth-order valence-electron chi connectivity index (χ4n) is 1.63. The number of carboxylic acid groups (broad SMARTS) is 1. The molecule has 0 saturated heterocycles. The van der Waals surface area contributed by atoms with E-state index < -0.39 is 25.2 Å². The first kappa shape index (κ1) is 15.0. The first-order valence-corrected chi connectivity index (χ1v) is 5.89. The topological polar surface area (TPSA) is 65.0 Å². The number of ether oxygens (including phenoxy) is 3. The molecular formula is C13H11F3O5. The average molecular weight is 304 g/mol. The lowest BCUT2D eigenvalue weighted by atomic mass is 10.1. The lowest BCUT2D eigenvalue weighted by Crippen LogP contribution is -2.13. The van der Waals surface area contributed by atoms with E-state index in [0.717, 1.165) is 6.08 Å². The lowest BCUT2D eigenvalue weighted by molar-refractivity contribution is -0.139. The zero-order valence-electron chi connectivity index (χ0n) is 10.6. The molecule has 1 aromatic rings. The predicted octanol–water partition coefficient (Wildman–Crippen LogP) is 2.84. The average Bonchev–Trinajstić information content (AvgIpc) is 2.81. The maximum absolute atomic E-state index is 12.1. The summed E-state index contributed by atoms with van der Waals surface area (Å²) in [6.07, 6.45) is -3.36. The summed E-state index contributed by atoms with van der Waals surface area (Å²) in [5, 5.41) is 8.61. The van der Waals surface area contributed by atoms with Crippen LogP contribution in [0.25, 0.3) is 6.08 Å². The smallest absolute Gasteiger partial charge is 0.392 e. The van der Waals surface area contributed by atoms with E-state index in [9.17, 15) is 18.0 Å². The van der Waals surface area contributed by atoms with E-state index in [1.807, 2.05) is 0 Å². The molecule has 0 radical (unpaired) electrons. The van der Waals surface area contributed by atoms with Crippen molar-refractivity contribution in [3.63, 3.8) is 0 Å². The number of halogens is 3. The van der Waals surface area contributed by atoms with Crippen LogP contribution in [-0.2, 0) is 4.79 Å². The highest BCUT2D eigenvalue weighted by atomic mass is 19.4. The van der Waals surface area contributed by atoms with Gasteiger partial charge in [-0.25, -0.2) is 4.79 Å². The quantitative estimate of drug-likeness (QED) is 0.847. The molecule has 114 valence electrons. The van der Waals surface area contributed by atoms with Gasteiger partial charge in [0.15, 0.2) is 11.5 Å². The second-order valence-electron chi connectivity index (χ2n) is 4.13. The predicted molar refractivity (Wildman–Crippen MR) is 65.4 cm³/mol. The van der Waals surface area contributed by atoms with Crippen LogP contribution in [-0.4, -0.2) is 30.7 Å². The van der Waals surface area contributed by atoms with Crippen molar-refractivity contribution in [2.24, 2.45) is 0 Å². The molecule has 0 atom stereocenters. The normalized spacial score (nSPS) is 13.7. The Kier molecular flexibility index (Phi) is 4.25. The number of hydrogen-bond acceptors (Lipinski definition) is 4. The molecule has 21 heavy (non-hydrogen) atoms. The van der Waals surface area contributed by atoms with Crippen LogP contribution in [0.15, 0.2) is 18.2 Å². The summed E-state index contributed by atoms with van der Waals surface area (Å²) in [5.41, 5.74) is 0.295. The van der Waals surface area contributed by atoms with Crippen molar-refractivity contribution in [1.29, 1.82) is 0 Å². The molecule has 0 aliphatic carbocycles. The molecule has 2 rings (SSSR count). The van der Waals surface area contributed by atoms with Crippen LogP contribution in [0.4, 0.5) is 13.2 Å². The molecule has 0 saturated carbocycles. The number of aliphatic carboxylic acids is 1. The highest BCUT2D eigenvalue weighted by Gasteiger charge is 2.27. The molecule has 1 aliphatic heterocycles. The number of fused-ring (bicyclic) bond motifs is 1. The van der Waals surface area contributed by atoms with E-state index in [1.165, 1.54) is 18.2 Å². The second kappa shape index (κ2) is 5.94. The number of carbonyl (C=O) groups is 1. The Labute approximate surface area is 117 Å². The minimum absolute atomic E-state index is 0.0105. The van der Waals surface area contributed by atoms with Crippen LogP contribution in [0.5, 0.6) is 17.2 Å². The van der Waals surface area contributed by atoms with Gasteiger partial charge in [0, 0.05) is 17.7 Å². The third-order valence-electron chi connectivity index (χ3n) is 2.55. The van der Waals surface area contributed by atoms with Gasteiger partial charge in [0.25, 0.3) is 0 Å². The van der Waals surface area contributed by atoms with Gasteiger partial charge in [-0.2, -0.15) is 13.2 Å². The van der Waals surface area contributed by atoms with Gasteiger partial charge in [0.2, 0.25) is 6.79 Å². The Morgan fingerprint density at radius 3 is 2.62 bits per heavy atom. The molecule has 1 N–H and O–H groups in total. The summed E-state index contributed by atoms with van der Waals surface area (Å²) in [6.45, 7) is -0.583. The summed E-state index contributed by atoms with van der Waals surface area (Å²) < 4.78 is 51.6. The Balaban J connectivity index is 2.19. The van der Waals surface area contributed by atoms with Crippen molar-refractivity contribution >= 4 is 12.0 Å². The van der Waals surface area contributed by atoms with Crippen molar-refractivity contribution in [2.75, 3.05) is 13.4 Å². The van der Waals surface area contributed by atoms with Crippen molar-refractivity contribution in [1.82, 2.24) is 0 Å². The van der Waals surface area contributed by atoms with Crippen LogP contribution in [0.1, 0.15) is 12.0 Å². The highest BCUT2D eigenvalue weighted by Crippen LogP contribution is 2.39. The molecule has 0 bridgehead atoms.